The predicted octanol–water partition coefficient (Wildman–Crippen LogP) is -2.37. The Morgan fingerprint density at radius 1 is 1.55 bits per heavy atom. The minimum atomic E-state index is -3.19. The molecule has 5 nitrogen and oxygen atoms in total. The maximum atomic E-state index is 10.7. The van der Waals surface area contributed by atoms with Gasteiger partial charge in [-0.1, -0.05) is 0 Å². The Morgan fingerprint density at radius 3 is 2.27 bits per heavy atom. The summed E-state index contributed by atoms with van der Waals surface area (Å²) >= 11 is 0. The van der Waals surface area contributed by atoms with Crippen LogP contribution < -0.4 is 5.11 Å². The molecule has 1 saturated heterocycles. The highest BCUT2D eigenvalue weighted by molar-refractivity contribution is 7.88. The van der Waals surface area contributed by atoms with Gasteiger partial charge in [0.05, 0.1) is 6.26 Å². The van der Waals surface area contributed by atoms with Gasteiger partial charge in [0.15, 0.2) is 0 Å². The quantitative estimate of drug-likeness (QED) is 0.473. The summed E-state index contributed by atoms with van der Waals surface area (Å²) in [4.78, 5) is 10.1. The summed E-state index contributed by atoms with van der Waals surface area (Å²) in [6.07, 6.45) is 1.05. The SMILES string of the molecule is CS(=O)(=O)N1CC(C(=O)[O-])C1. The van der Waals surface area contributed by atoms with Crippen LogP contribution in [-0.4, -0.2) is 38.0 Å². The molecule has 6 heteroatoms. The van der Waals surface area contributed by atoms with E-state index in [1.165, 1.54) is 0 Å². The number of carboxylic acids is 1. The van der Waals surface area contributed by atoms with Gasteiger partial charge in [-0.25, -0.2) is 12.7 Å². The minimum Gasteiger partial charge on any atom is -0.550 e. The van der Waals surface area contributed by atoms with Crippen LogP contribution in [0.25, 0.3) is 0 Å². The fraction of sp³-hybridized carbons (Fsp3) is 0.800. The van der Waals surface area contributed by atoms with Gasteiger partial charge >= 0.3 is 0 Å². The van der Waals surface area contributed by atoms with Crippen LogP contribution in [0.5, 0.6) is 0 Å². The van der Waals surface area contributed by atoms with Crippen molar-refractivity contribution in [2.45, 2.75) is 0 Å². The topological polar surface area (TPSA) is 77.5 Å². The average molecular weight is 178 g/mol. The standard InChI is InChI=1S/C5H9NO4S/c1-11(9,10)6-2-4(3-6)5(7)8/h4H,2-3H2,1H3,(H,7,8)/p-1. The summed E-state index contributed by atoms with van der Waals surface area (Å²) in [5.41, 5.74) is 0. The fourth-order valence-electron chi connectivity index (χ4n) is 0.858. The smallest absolute Gasteiger partial charge is 0.211 e. The summed E-state index contributed by atoms with van der Waals surface area (Å²) in [6.45, 7) is 0.113. The number of aliphatic carboxylic acids is 1. The first-order valence-electron chi connectivity index (χ1n) is 3.07. The molecular weight excluding hydrogens is 170 g/mol. The third-order valence-corrected chi connectivity index (χ3v) is 2.89. The Bertz CT molecular complexity index is 264. The van der Waals surface area contributed by atoms with Crippen molar-refractivity contribution >= 4 is 16.0 Å². The maximum absolute atomic E-state index is 10.7. The summed E-state index contributed by atoms with van der Waals surface area (Å²) in [5.74, 6) is -1.80. The Kier molecular flexibility index (Phi) is 1.89. The van der Waals surface area contributed by atoms with Crippen LogP contribution in [0.1, 0.15) is 0 Å². The molecule has 11 heavy (non-hydrogen) atoms. The maximum Gasteiger partial charge on any atom is 0.211 e. The zero-order valence-electron chi connectivity index (χ0n) is 5.98. The summed E-state index contributed by atoms with van der Waals surface area (Å²) in [6, 6.07) is 0. The second-order valence-corrected chi connectivity index (χ2v) is 4.58. The molecule has 1 fully saturated rings. The highest BCUT2D eigenvalue weighted by Crippen LogP contribution is 2.17. The number of carboxylic acid groups (broad SMARTS) is 1. The molecule has 1 aliphatic rings. The van der Waals surface area contributed by atoms with Crippen LogP contribution >= 0.6 is 0 Å². The van der Waals surface area contributed by atoms with E-state index in [0.717, 1.165) is 10.6 Å². The normalized spacial score (nSPS) is 21.2. The molecule has 1 aliphatic heterocycles. The molecule has 1 rings (SSSR count). The Balaban J connectivity index is 2.48. The van der Waals surface area contributed by atoms with Crippen molar-refractivity contribution in [3.05, 3.63) is 0 Å². The van der Waals surface area contributed by atoms with Crippen molar-refractivity contribution in [3.63, 3.8) is 0 Å². The van der Waals surface area contributed by atoms with E-state index in [9.17, 15) is 18.3 Å². The van der Waals surface area contributed by atoms with Gasteiger partial charge in [-0.3, -0.25) is 0 Å². The molecular formula is C5H8NO4S-. The Labute approximate surface area is 64.7 Å². The molecule has 0 atom stereocenters. The van der Waals surface area contributed by atoms with Gasteiger partial charge in [0, 0.05) is 25.0 Å². The molecule has 0 unspecified atom stereocenters. The van der Waals surface area contributed by atoms with Gasteiger partial charge in [-0.15, -0.1) is 0 Å². The number of carbonyl (C=O) groups excluding carboxylic acids is 1. The Hall–Kier alpha value is -0.620. The molecule has 0 aromatic rings. The van der Waals surface area contributed by atoms with Crippen molar-refractivity contribution in [3.8, 4) is 0 Å². The minimum absolute atomic E-state index is 0.0567. The van der Waals surface area contributed by atoms with Crippen LogP contribution in [0.15, 0.2) is 0 Å². The molecule has 64 valence electrons. The fourth-order valence-corrected chi connectivity index (χ4v) is 1.76. The van der Waals surface area contributed by atoms with Crippen molar-refractivity contribution in [1.29, 1.82) is 0 Å². The third kappa shape index (κ3) is 1.69. The summed E-state index contributed by atoms with van der Waals surface area (Å²) in [7, 11) is -3.19. The lowest BCUT2D eigenvalue weighted by Gasteiger charge is -2.37. The average Bonchev–Trinajstić information content (AvgIpc) is 1.51. The van der Waals surface area contributed by atoms with Crippen LogP contribution in [-0.2, 0) is 14.8 Å². The first-order valence-corrected chi connectivity index (χ1v) is 4.92. The molecule has 0 amide bonds. The van der Waals surface area contributed by atoms with Crippen LogP contribution in [0.2, 0.25) is 0 Å². The van der Waals surface area contributed by atoms with Gasteiger partial charge in [0.2, 0.25) is 10.0 Å². The van der Waals surface area contributed by atoms with Crippen LogP contribution in [0.3, 0.4) is 0 Å². The zero-order valence-corrected chi connectivity index (χ0v) is 6.80. The molecule has 0 bridgehead atoms. The van der Waals surface area contributed by atoms with E-state index < -0.39 is 21.9 Å². The van der Waals surface area contributed by atoms with Crippen molar-refractivity contribution < 1.29 is 18.3 Å². The van der Waals surface area contributed by atoms with Crippen molar-refractivity contribution in [2.75, 3.05) is 19.3 Å². The lowest BCUT2D eigenvalue weighted by Crippen LogP contribution is -2.56. The number of hydrogen-bond donors (Lipinski definition) is 0. The zero-order chi connectivity index (χ0) is 8.65. The number of carbonyl (C=O) groups is 1. The molecule has 0 saturated carbocycles. The van der Waals surface area contributed by atoms with Crippen LogP contribution in [0.4, 0.5) is 0 Å². The first-order chi connectivity index (χ1) is 4.91. The van der Waals surface area contributed by atoms with E-state index in [2.05, 4.69) is 0 Å². The Morgan fingerprint density at radius 2 is 2.00 bits per heavy atom. The third-order valence-electron chi connectivity index (χ3n) is 1.65. The molecule has 0 aliphatic carbocycles. The highest BCUT2D eigenvalue weighted by Gasteiger charge is 2.33. The van der Waals surface area contributed by atoms with Crippen LogP contribution in [0, 0.1) is 5.92 Å². The molecule has 1 heterocycles. The summed E-state index contributed by atoms with van der Waals surface area (Å²) < 4.78 is 22.5. The van der Waals surface area contributed by atoms with Gasteiger partial charge < -0.3 is 9.90 Å². The molecule has 0 radical (unpaired) electrons. The van der Waals surface area contributed by atoms with Gasteiger partial charge in [-0.2, -0.15) is 0 Å². The lowest BCUT2D eigenvalue weighted by molar-refractivity contribution is -0.314. The lowest BCUT2D eigenvalue weighted by atomic mass is 10.0. The van der Waals surface area contributed by atoms with Gasteiger partial charge in [-0.05, 0) is 0 Å². The van der Waals surface area contributed by atoms with Gasteiger partial charge in [0.25, 0.3) is 0 Å². The largest absolute Gasteiger partial charge is 0.550 e. The van der Waals surface area contributed by atoms with Gasteiger partial charge in [0.1, 0.15) is 0 Å². The monoisotopic (exact) mass is 178 g/mol. The molecule has 0 spiro atoms. The van der Waals surface area contributed by atoms with Crippen molar-refractivity contribution in [2.24, 2.45) is 5.92 Å². The van der Waals surface area contributed by atoms with E-state index >= 15 is 0 Å². The number of hydrogen-bond acceptors (Lipinski definition) is 4. The van der Waals surface area contributed by atoms with E-state index in [1.807, 2.05) is 0 Å². The van der Waals surface area contributed by atoms with E-state index in [1.54, 1.807) is 0 Å². The predicted molar refractivity (Wildman–Crippen MR) is 34.9 cm³/mol. The second-order valence-electron chi connectivity index (χ2n) is 2.60. The van der Waals surface area contributed by atoms with Crippen molar-refractivity contribution in [1.82, 2.24) is 4.31 Å². The molecule has 0 aromatic heterocycles. The first kappa shape index (κ1) is 8.48. The van der Waals surface area contributed by atoms with E-state index in [-0.39, 0.29) is 13.1 Å². The van der Waals surface area contributed by atoms with E-state index in [0.29, 0.717) is 0 Å². The second kappa shape index (κ2) is 2.46. The van der Waals surface area contributed by atoms with E-state index in [4.69, 9.17) is 0 Å². The number of nitrogens with zero attached hydrogens (tertiary/aromatic N) is 1. The highest BCUT2D eigenvalue weighted by atomic mass is 32.2. The number of rotatable bonds is 2. The number of sulfonamides is 1. The molecule has 0 aromatic carbocycles. The summed E-state index contributed by atoms with van der Waals surface area (Å²) in [5, 5.41) is 10.1. The molecule has 0 N–H and O–H groups in total.